The van der Waals surface area contributed by atoms with E-state index in [-0.39, 0.29) is 18.8 Å². The number of anilines is 1. The van der Waals surface area contributed by atoms with E-state index in [2.05, 4.69) is 20.5 Å². The van der Waals surface area contributed by atoms with E-state index in [1.54, 1.807) is 0 Å². The number of nitrogens with one attached hydrogen (secondary N) is 3. The van der Waals surface area contributed by atoms with Gasteiger partial charge in [0.15, 0.2) is 5.82 Å². The van der Waals surface area contributed by atoms with Crippen molar-refractivity contribution in [3.05, 3.63) is 41.5 Å². The van der Waals surface area contributed by atoms with Crippen LogP contribution in [0.25, 0.3) is 0 Å². The third-order valence-corrected chi connectivity index (χ3v) is 2.73. The number of H-pyrrole nitrogens is 1. The van der Waals surface area contributed by atoms with Crippen molar-refractivity contribution < 1.29 is 18.0 Å². The third-order valence-electron chi connectivity index (χ3n) is 2.73. The van der Waals surface area contributed by atoms with Crippen molar-refractivity contribution in [3.63, 3.8) is 0 Å². The molecule has 0 unspecified atom stereocenters. The summed E-state index contributed by atoms with van der Waals surface area (Å²) in [5.74, 6) is 5.23. The van der Waals surface area contributed by atoms with Gasteiger partial charge in [-0.25, -0.2) is 10.8 Å². The first-order valence-electron chi connectivity index (χ1n) is 6.19. The fraction of sp³-hybridized carbons (Fsp3) is 0.250. The molecule has 2 aromatic rings. The van der Waals surface area contributed by atoms with E-state index >= 15 is 0 Å². The predicted molar refractivity (Wildman–Crippen MR) is 71.2 cm³/mol. The predicted octanol–water partition coefficient (Wildman–Crippen LogP) is 0.968. The third kappa shape index (κ3) is 4.19. The van der Waals surface area contributed by atoms with E-state index in [0.717, 1.165) is 12.1 Å². The first-order chi connectivity index (χ1) is 10.4. The molecule has 0 aliphatic heterocycles. The van der Waals surface area contributed by atoms with Gasteiger partial charge in [-0.05, 0) is 24.3 Å². The lowest BCUT2D eigenvalue weighted by Gasteiger charge is -2.08. The summed E-state index contributed by atoms with van der Waals surface area (Å²) in [6, 6.07) is 4.61. The molecule has 0 bridgehead atoms. The Morgan fingerprint density at radius 2 is 1.95 bits per heavy atom. The van der Waals surface area contributed by atoms with E-state index < -0.39 is 17.6 Å². The Bertz CT molecular complexity index is 637. The molecule has 22 heavy (non-hydrogen) atoms. The second-order valence-corrected chi connectivity index (χ2v) is 4.37. The highest BCUT2D eigenvalue weighted by atomic mass is 19.4. The zero-order chi connectivity index (χ0) is 16.2. The van der Waals surface area contributed by atoms with Crippen molar-refractivity contribution in [2.45, 2.75) is 19.1 Å². The first kappa shape index (κ1) is 15.8. The molecule has 0 radical (unpaired) electrons. The molecule has 0 atom stereocenters. The molecule has 0 aliphatic rings. The number of benzene rings is 1. The highest BCUT2D eigenvalue weighted by molar-refractivity contribution is 5.76. The molecule has 118 valence electrons. The number of carbonyl (C=O) groups excluding carboxylic acids is 1. The molecular formula is C12H13F3N6O. The van der Waals surface area contributed by atoms with Crippen LogP contribution in [0.1, 0.15) is 17.2 Å². The van der Waals surface area contributed by atoms with Gasteiger partial charge in [0.05, 0.1) is 18.5 Å². The summed E-state index contributed by atoms with van der Waals surface area (Å²) in [5, 5.41) is 9.33. The first-order valence-corrected chi connectivity index (χ1v) is 6.19. The van der Waals surface area contributed by atoms with Crippen molar-refractivity contribution in [1.82, 2.24) is 20.6 Å². The molecule has 0 aliphatic carbocycles. The number of alkyl halides is 3. The number of aromatic amines is 1. The van der Waals surface area contributed by atoms with Gasteiger partial charge in [-0.3, -0.25) is 15.3 Å². The Balaban J connectivity index is 1.91. The average Bonchev–Trinajstić information content (AvgIpc) is 2.92. The minimum Gasteiger partial charge on any atom is -0.378 e. The number of carbonyl (C=O) groups is 1. The number of aromatic nitrogens is 3. The summed E-state index contributed by atoms with van der Waals surface area (Å²) in [7, 11) is 0. The number of hydrogen-bond donors (Lipinski definition) is 4. The molecule has 1 aromatic carbocycles. The Kier molecular flexibility index (Phi) is 4.61. The number of nitrogens with two attached hydrogens (primary N) is 1. The van der Waals surface area contributed by atoms with Crippen LogP contribution in [0.3, 0.4) is 0 Å². The van der Waals surface area contributed by atoms with E-state index in [1.165, 1.54) is 12.1 Å². The highest BCUT2D eigenvalue weighted by Gasteiger charge is 2.29. The van der Waals surface area contributed by atoms with Gasteiger partial charge in [-0.15, -0.1) is 0 Å². The van der Waals surface area contributed by atoms with Crippen LogP contribution in [0.2, 0.25) is 0 Å². The molecule has 0 saturated heterocycles. The SMILES string of the molecule is NNC(=O)Cc1n[nH]c(CNc2ccc(C(F)(F)F)cc2)n1. The summed E-state index contributed by atoms with van der Waals surface area (Å²) in [6.07, 6.45) is -4.42. The van der Waals surface area contributed by atoms with Crippen molar-refractivity contribution in [3.8, 4) is 0 Å². The van der Waals surface area contributed by atoms with Gasteiger partial charge < -0.3 is 5.32 Å². The Morgan fingerprint density at radius 1 is 1.27 bits per heavy atom. The van der Waals surface area contributed by atoms with Crippen LogP contribution in [-0.2, 0) is 23.9 Å². The Morgan fingerprint density at radius 3 is 2.55 bits per heavy atom. The summed E-state index contributed by atoms with van der Waals surface area (Å²) in [5.41, 5.74) is 1.75. The quantitative estimate of drug-likeness (QED) is 0.373. The molecule has 1 heterocycles. The normalized spacial score (nSPS) is 11.3. The number of hydrazine groups is 1. The maximum Gasteiger partial charge on any atom is 0.416 e. The van der Waals surface area contributed by atoms with Gasteiger partial charge in [-0.2, -0.15) is 18.3 Å². The Labute approximate surface area is 123 Å². The zero-order valence-electron chi connectivity index (χ0n) is 11.2. The van der Waals surface area contributed by atoms with Crippen LogP contribution in [0.5, 0.6) is 0 Å². The van der Waals surface area contributed by atoms with Crippen LogP contribution in [0.4, 0.5) is 18.9 Å². The number of halogens is 3. The molecule has 10 heteroatoms. The van der Waals surface area contributed by atoms with E-state index in [0.29, 0.717) is 11.5 Å². The number of hydrogen-bond acceptors (Lipinski definition) is 5. The molecule has 0 saturated carbocycles. The zero-order valence-corrected chi connectivity index (χ0v) is 11.2. The highest BCUT2D eigenvalue weighted by Crippen LogP contribution is 2.29. The summed E-state index contributed by atoms with van der Waals surface area (Å²) in [4.78, 5) is 15.1. The molecule has 1 aromatic heterocycles. The monoisotopic (exact) mass is 314 g/mol. The standard InChI is InChI=1S/C12H13F3N6O/c13-12(14,15)7-1-3-8(4-2-7)17-6-10-18-9(20-21-10)5-11(22)19-16/h1-4,17H,5-6,16H2,(H,19,22)(H,18,20,21). The van der Waals surface area contributed by atoms with Gasteiger partial charge in [-0.1, -0.05) is 0 Å². The fourth-order valence-electron chi connectivity index (χ4n) is 1.65. The number of rotatable bonds is 5. The second-order valence-electron chi connectivity index (χ2n) is 4.37. The van der Waals surface area contributed by atoms with Crippen LogP contribution >= 0.6 is 0 Å². The van der Waals surface area contributed by atoms with Crippen LogP contribution in [-0.4, -0.2) is 21.1 Å². The number of amides is 1. The van der Waals surface area contributed by atoms with Gasteiger partial charge in [0.2, 0.25) is 5.91 Å². The maximum atomic E-state index is 12.4. The fourth-order valence-corrected chi connectivity index (χ4v) is 1.65. The minimum absolute atomic E-state index is 0.0622. The van der Waals surface area contributed by atoms with Crippen molar-refractivity contribution in [2.24, 2.45) is 5.84 Å². The number of nitrogens with zero attached hydrogens (tertiary/aromatic N) is 2. The lowest BCUT2D eigenvalue weighted by Crippen LogP contribution is -2.31. The lowest BCUT2D eigenvalue weighted by molar-refractivity contribution is -0.137. The van der Waals surface area contributed by atoms with Crippen molar-refractivity contribution in [2.75, 3.05) is 5.32 Å². The Hall–Kier alpha value is -2.62. The molecule has 0 fully saturated rings. The average molecular weight is 314 g/mol. The van der Waals surface area contributed by atoms with Crippen LogP contribution < -0.4 is 16.6 Å². The molecule has 0 spiro atoms. The van der Waals surface area contributed by atoms with E-state index in [1.807, 2.05) is 5.43 Å². The largest absolute Gasteiger partial charge is 0.416 e. The molecule has 5 N–H and O–H groups in total. The molecule has 1 amide bonds. The minimum atomic E-state index is -4.36. The van der Waals surface area contributed by atoms with Crippen LogP contribution in [0.15, 0.2) is 24.3 Å². The van der Waals surface area contributed by atoms with Gasteiger partial charge in [0.25, 0.3) is 0 Å². The topological polar surface area (TPSA) is 109 Å². The lowest BCUT2D eigenvalue weighted by atomic mass is 10.2. The molecule has 7 nitrogen and oxygen atoms in total. The summed E-state index contributed by atoms with van der Waals surface area (Å²) in [6.45, 7) is 0.225. The van der Waals surface area contributed by atoms with Gasteiger partial charge in [0.1, 0.15) is 5.82 Å². The molecular weight excluding hydrogens is 301 g/mol. The van der Waals surface area contributed by atoms with Gasteiger partial charge in [0, 0.05) is 5.69 Å². The van der Waals surface area contributed by atoms with Crippen molar-refractivity contribution in [1.29, 1.82) is 0 Å². The second kappa shape index (κ2) is 6.43. The maximum absolute atomic E-state index is 12.4. The summed E-state index contributed by atoms with van der Waals surface area (Å²) < 4.78 is 37.3. The van der Waals surface area contributed by atoms with Crippen LogP contribution in [0, 0.1) is 0 Å². The van der Waals surface area contributed by atoms with E-state index in [4.69, 9.17) is 5.84 Å². The van der Waals surface area contributed by atoms with E-state index in [9.17, 15) is 18.0 Å². The van der Waals surface area contributed by atoms with Gasteiger partial charge >= 0.3 is 6.18 Å². The molecule has 2 rings (SSSR count). The van der Waals surface area contributed by atoms with Crippen molar-refractivity contribution >= 4 is 11.6 Å². The smallest absolute Gasteiger partial charge is 0.378 e. The summed E-state index contributed by atoms with van der Waals surface area (Å²) >= 11 is 0.